The van der Waals surface area contributed by atoms with Gasteiger partial charge in [-0.2, -0.15) is 0 Å². The van der Waals surface area contributed by atoms with Crippen molar-refractivity contribution in [1.29, 1.82) is 0 Å². The standard InChI is InChI=1S/C24H25NO5/c1-28-19-8-7-14(11-20(19)29-2)13-25-23(27)21-16-9-10-24(22(16)21)12-17(26)15-5-3-4-6-18(15)30-24/h3-8,11,16,21-22H,9-10,12-13H2,1-2H3,(H,25,27)/t16-,21+,22+,24-/m1/s1. The Hall–Kier alpha value is -3.02. The van der Waals surface area contributed by atoms with Gasteiger partial charge in [0.2, 0.25) is 5.91 Å². The van der Waals surface area contributed by atoms with Crippen LogP contribution in [-0.4, -0.2) is 31.5 Å². The molecule has 2 aliphatic carbocycles. The van der Waals surface area contributed by atoms with E-state index in [9.17, 15) is 9.59 Å². The highest BCUT2D eigenvalue weighted by Crippen LogP contribution is 2.65. The van der Waals surface area contributed by atoms with Gasteiger partial charge in [0.25, 0.3) is 0 Å². The van der Waals surface area contributed by atoms with Crippen molar-refractivity contribution >= 4 is 11.7 Å². The van der Waals surface area contributed by atoms with Crippen LogP contribution in [0.3, 0.4) is 0 Å². The van der Waals surface area contributed by atoms with E-state index in [1.165, 1.54) is 0 Å². The Labute approximate surface area is 175 Å². The number of rotatable bonds is 5. The summed E-state index contributed by atoms with van der Waals surface area (Å²) in [5, 5.41) is 3.05. The number of amides is 1. The third-order valence-electron chi connectivity index (χ3n) is 6.85. The van der Waals surface area contributed by atoms with E-state index in [1.54, 1.807) is 14.2 Å². The molecule has 0 saturated heterocycles. The highest BCUT2D eigenvalue weighted by atomic mass is 16.5. The number of ketones is 1. The molecule has 6 nitrogen and oxygen atoms in total. The van der Waals surface area contributed by atoms with Gasteiger partial charge in [0.1, 0.15) is 11.4 Å². The van der Waals surface area contributed by atoms with E-state index in [4.69, 9.17) is 14.2 Å². The van der Waals surface area contributed by atoms with Gasteiger partial charge in [0.05, 0.1) is 26.2 Å². The van der Waals surface area contributed by atoms with Crippen LogP contribution in [0, 0.1) is 17.8 Å². The fraction of sp³-hybridized carbons (Fsp3) is 0.417. The second kappa shape index (κ2) is 7.04. The van der Waals surface area contributed by atoms with Crippen molar-refractivity contribution in [2.75, 3.05) is 14.2 Å². The summed E-state index contributed by atoms with van der Waals surface area (Å²) in [5.74, 6) is 2.43. The molecule has 30 heavy (non-hydrogen) atoms. The van der Waals surface area contributed by atoms with Crippen LogP contribution in [0.4, 0.5) is 0 Å². The van der Waals surface area contributed by atoms with Gasteiger partial charge >= 0.3 is 0 Å². The molecule has 1 amide bonds. The van der Waals surface area contributed by atoms with Crippen LogP contribution >= 0.6 is 0 Å². The molecule has 2 fully saturated rings. The SMILES string of the molecule is COc1ccc(CNC(=O)[C@H]2[C@H]3CC[C@@]4(CC(=O)c5ccccc5O4)[C@@H]32)cc1OC. The average molecular weight is 407 g/mol. The van der Waals surface area contributed by atoms with E-state index in [1.807, 2.05) is 42.5 Å². The fourth-order valence-electron chi connectivity index (χ4n) is 5.42. The Morgan fingerprint density at radius 3 is 2.77 bits per heavy atom. The van der Waals surface area contributed by atoms with Crippen molar-refractivity contribution in [2.24, 2.45) is 17.8 Å². The van der Waals surface area contributed by atoms with Crippen LogP contribution in [0.2, 0.25) is 0 Å². The van der Waals surface area contributed by atoms with Crippen LogP contribution in [0.15, 0.2) is 42.5 Å². The first-order chi connectivity index (χ1) is 14.6. The van der Waals surface area contributed by atoms with Gasteiger partial charge in [-0.3, -0.25) is 9.59 Å². The van der Waals surface area contributed by atoms with E-state index in [0.717, 1.165) is 18.4 Å². The molecule has 2 saturated carbocycles. The molecule has 2 aromatic rings. The zero-order chi connectivity index (χ0) is 20.9. The van der Waals surface area contributed by atoms with E-state index < -0.39 is 5.60 Å². The number of ether oxygens (including phenoxy) is 3. The number of methoxy groups -OCH3 is 2. The monoisotopic (exact) mass is 407 g/mol. The lowest BCUT2D eigenvalue weighted by Gasteiger charge is -2.37. The number of hydrogen-bond acceptors (Lipinski definition) is 5. The number of hydrogen-bond donors (Lipinski definition) is 1. The van der Waals surface area contributed by atoms with Crippen molar-refractivity contribution in [3.05, 3.63) is 53.6 Å². The minimum atomic E-state index is -0.526. The molecular weight excluding hydrogens is 382 g/mol. The summed E-state index contributed by atoms with van der Waals surface area (Å²) in [6.45, 7) is 0.421. The van der Waals surface area contributed by atoms with Crippen LogP contribution in [-0.2, 0) is 11.3 Å². The maximum atomic E-state index is 12.9. The van der Waals surface area contributed by atoms with Gasteiger partial charge in [-0.15, -0.1) is 0 Å². The zero-order valence-electron chi connectivity index (χ0n) is 17.1. The molecule has 1 spiro atoms. The second-order valence-corrected chi connectivity index (χ2v) is 8.42. The normalized spacial score (nSPS) is 28.3. The predicted octanol–water partition coefficient (Wildman–Crippen LogP) is 3.38. The van der Waals surface area contributed by atoms with Gasteiger partial charge in [-0.1, -0.05) is 18.2 Å². The molecule has 4 atom stereocenters. The zero-order valence-corrected chi connectivity index (χ0v) is 17.1. The number of Topliss-reactive ketones (excluding diaryl/α,β-unsaturated/α-hetero) is 1. The number of benzene rings is 2. The van der Waals surface area contributed by atoms with Crippen LogP contribution in [0.5, 0.6) is 17.2 Å². The molecule has 2 aromatic carbocycles. The molecule has 0 radical (unpaired) electrons. The van der Waals surface area contributed by atoms with Crippen LogP contribution in [0.1, 0.15) is 35.2 Å². The van der Waals surface area contributed by atoms with Gasteiger partial charge in [0.15, 0.2) is 17.3 Å². The average Bonchev–Trinajstić information content (AvgIpc) is 3.42. The summed E-state index contributed by atoms with van der Waals surface area (Å²) in [6, 6.07) is 13.0. The smallest absolute Gasteiger partial charge is 0.224 e. The van der Waals surface area contributed by atoms with Crippen molar-refractivity contribution in [2.45, 2.75) is 31.4 Å². The molecular formula is C24H25NO5. The first kappa shape index (κ1) is 19.0. The van der Waals surface area contributed by atoms with Crippen molar-refractivity contribution in [3.8, 4) is 17.2 Å². The largest absolute Gasteiger partial charge is 0.493 e. The van der Waals surface area contributed by atoms with Crippen molar-refractivity contribution in [1.82, 2.24) is 5.32 Å². The van der Waals surface area contributed by atoms with Crippen molar-refractivity contribution < 1.29 is 23.8 Å². The molecule has 156 valence electrons. The number of carbonyl (C=O) groups excluding carboxylic acids is 2. The Morgan fingerprint density at radius 2 is 1.97 bits per heavy atom. The summed E-state index contributed by atoms with van der Waals surface area (Å²) >= 11 is 0. The number of para-hydroxylation sites is 1. The van der Waals surface area contributed by atoms with Crippen molar-refractivity contribution in [3.63, 3.8) is 0 Å². The summed E-state index contributed by atoms with van der Waals surface area (Å²) < 4.78 is 17.0. The Balaban J connectivity index is 1.27. The first-order valence-corrected chi connectivity index (χ1v) is 10.4. The Morgan fingerprint density at radius 1 is 1.17 bits per heavy atom. The fourth-order valence-corrected chi connectivity index (χ4v) is 5.42. The van der Waals surface area contributed by atoms with Crippen LogP contribution in [0.25, 0.3) is 0 Å². The lowest BCUT2D eigenvalue weighted by Crippen LogP contribution is -2.44. The topological polar surface area (TPSA) is 73.9 Å². The maximum Gasteiger partial charge on any atom is 0.224 e. The first-order valence-electron chi connectivity index (χ1n) is 10.4. The van der Waals surface area contributed by atoms with Gasteiger partial charge in [-0.25, -0.2) is 0 Å². The maximum absolute atomic E-state index is 12.9. The minimum absolute atomic E-state index is 0.0359. The molecule has 0 aromatic heterocycles. The van der Waals surface area contributed by atoms with E-state index in [2.05, 4.69) is 5.32 Å². The molecule has 1 heterocycles. The number of nitrogens with one attached hydrogen (secondary N) is 1. The number of carbonyl (C=O) groups is 2. The molecule has 0 bridgehead atoms. The predicted molar refractivity (Wildman–Crippen MR) is 110 cm³/mol. The van der Waals surface area contributed by atoms with Gasteiger partial charge < -0.3 is 19.5 Å². The van der Waals surface area contributed by atoms with E-state index >= 15 is 0 Å². The van der Waals surface area contributed by atoms with Crippen LogP contribution < -0.4 is 19.5 Å². The van der Waals surface area contributed by atoms with Gasteiger partial charge in [0, 0.05) is 18.4 Å². The third kappa shape index (κ3) is 2.93. The van der Waals surface area contributed by atoms with E-state index in [0.29, 0.717) is 41.7 Å². The Bertz CT molecular complexity index is 1020. The highest BCUT2D eigenvalue weighted by molar-refractivity contribution is 6.00. The summed E-state index contributed by atoms with van der Waals surface area (Å²) in [6.07, 6.45) is 2.13. The summed E-state index contributed by atoms with van der Waals surface area (Å²) in [7, 11) is 3.19. The quantitative estimate of drug-likeness (QED) is 0.823. The second-order valence-electron chi connectivity index (χ2n) is 8.42. The Kier molecular flexibility index (Phi) is 4.45. The lowest BCUT2D eigenvalue weighted by molar-refractivity contribution is -0.124. The molecule has 1 aliphatic heterocycles. The molecule has 5 rings (SSSR count). The molecule has 0 unspecified atom stereocenters. The van der Waals surface area contributed by atoms with E-state index in [-0.39, 0.29) is 23.5 Å². The molecule has 1 N–H and O–H groups in total. The number of fused-ring (bicyclic) bond motifs is 3. The minimum Gasteiger partial charge on any atom is -0.493 e. The lowest BCUT2D eigenvalue weighted by atomic mass is 9.84. The third-order valence-corrected chi connectivity index (χ3v) is 6.85. The summed E-state index contributed by atoms with van der Waals surface area (Å²) in [4.78, 5) is 25.6. The highest BCUT2D eigenvalue weighted by Gasteiger charge is 2.70. The van der Waals surface area contributed by atoms with Gasteiger partial charge in [-0.05, 0) is 48.6 Å². The molecule has 3 aliphatic rings. The summed E-state index contributed by atoms with van der Waals surface area (Å²) in [5.41, 5.74) is 1.07. The molecule has 6 heteroatoms.